The number of rotatable bonds is 1. The molecule has 0 saturated carbocycles. The van der Waals surface area contributed by atoms with Crippen LogP contribution >= 0.6 is 15.9 Å². The van der Waals surface area contributed by atoms with Gasteiger partial charge in [0.2, 0.25) is 0 Å². The topological polar surface area (TPSA) is 54.6 Å². The molecule has 2 rings (SSSR count). The Kier molecular flexibility index (Phi) is 2.26. The quantitative estimate of drug-likeness (QED) is 0.864. The first kappa shape index (κ1) is 10.2. The Morgan fingerprint density at radius 3 is 2.80 bits per heavy atom. The second-order valence-corrected chi connectivity index (χ2v) is 4.30. The first-order valence-electron chi connectivity index (χ1n) is 4.39. The van der Waals surface area contributed by atoms with Crippen LogP contribution in [0.5, 0.6) is 0 Å². The first-order valence-corrected chi connectivity index (χ1v) is 5.18. The highest BCUT2D eigenvalue weighted by atomic mass is 79.9. The third-order valence-corrected chi connectivity index (χ3v) is 2.68. The Morgan fingerprint density at radius 2 is 2.20 bits per heavy atom. The van der Waals surface area contributed by atoms with Crippen molar-refractivity contribution in [3.63, 3.8) is 0 Å². The van der Waals surface area contributed by atoms with Crippen molar-refractivity contribution in [2.24, 2.45) is 0 Å². The smallest absolute Gasteiger partial charge is 0.354 e. The van der Waals surface area contributed by atoms with E-state index in [0.29, 0.717) is 11.3 Å². The van der Waals surface area contributed by atoms with Crippen LogP contribution < -0.4 is 0 Å². The van der Waals surface area contributed by atoms with E-state index in [2.05, 4.69) is 20.9 Å². The third-order valence-electron chi connectivity index (χ3n) is 2.25. The van der Waals surface area contributed by atoms with E-state index in [1.807, 2.05) is 13.0 Å². The van der Waals surface area contributed by atoms with Crippen molar-refractivity contribution in [1.29, 1.82) is 0 Å². The van der Waals surface area contributed by atoms with Gasteiger partial charge in [-0.15, -0.1) is 0 Å². The molecule has 1 N–H and O–H groups in total. The summed E-state index contributed by atoms with van der Waals surface area (Å²) in [7, 11) is 0. The lowest BCUT2D eigenvalue weighted by Gasteiger charge is -2.01. The molecule has 0 aliphatic carbocycles. The van der Waals surface area contributed by atoms with Gasteiger partial charge in [0.25, 0.3) is 0 Å². The van der Waals surface area contributed by atoms with Crippen LogP contribution in [-0.2, 0) is 0 Å². The molecule has 0 aliphatic heterocycles. The van der Waals surface area contributed by atoms with Crippen molar-refractivity contribution in [2.45, 2.75) is 13.8 Å². The number of pyridine rings is 1. The maximum absolute atomic E-state index is 11.0. The van der Waals surface area contributed by atoms with Crippen molar-refractivity contribution in [1.82, 2.24) is 9.38 Å². The molecule has 5 heteroatoms. The minimum atomic E-state index is -0.961. The maximum atomic E-state index is 11.0. The summed E-state index contributed by atoms with van der Waals surface area (Å²) in [6.45, 7) is 3.60. The minimum absolute atomic E-state index is 0.217. The van der Waals surface area contributed by atoms with E-state index in [1.54, 1.807) is 17.5 Å². The van der Waals surface area contributed by atoms with Gasteiger partial charge < -0.3 is 5.11 Å². The van der Waals surface area contributed by atoms with Crippen LogP contribution in [0.15, 0.2) is 16.7 Å². The summed E-state index contributed by atoms with van der Waals surface area (Å²) < 4.78 is 2.43. The van der Waals surface area contributed by atoms with Crippen LogP contribution in [0.1, 0.15) is 21.7 Å². The molecular weight excluding hydrogens is 260 g/mol. The molecule has 2 heterocycles. The normalized spacial score (nSPS) is 10.9. The van der Waals surface area contributed by atoms with Gasteiger partial charge in [0.15, 0.2) is 5.69 Å². The van der Waals surface area contributed by atoms with Gasteiger partial charge in [-0.3, -0.25) is 4.40 Å². The fraction of sp³-hybridized carbons (Fsp3) is 0.200. The van der Waals surface area contributed by atoms with Gasteiger partial charge >= 0.3 is 5.97 Å². The molecule has 0 spiro atoms. The number of hydrogen-bond donors (Lipinski definition) is 1. The molecule has 0 amide bonds. The van der Waals surface area contributed by atoms with E-state index >= 15 is 0 Å². The SMILES string of the molecule is Cc1nc2c(C)cc(Br)cn2c1C(=O)O. The van der Waals surface area contributed by atoms with Crippen molar-refractivity contribution in [3.8, 4) is 0 Å². The molecule has 0 fully saturated rings. The summed E-state index contributed by atoms with van der Waals surface area (Å²) in [5, 5.41) is 9.06. The molecule has 2 aromatic rings. The monoisotopic (exact) mass is 268 g/mol. The van der Waals surface area contributed by atoms with Gasteiger partial charge in [0, 0.05) is 10.7 Å². The highest BCUT2D eigenvalue weighted by molar-refractivity contribution is 9.10. The second-order valence-electron chi connectivity index (χ2n) is 3.39. The van der Waals surface area contributed by atoms with Crippen LogP contribution in [0.2, 0.25) is 0 Å². The molecule has 0 aromatic carbocycles. The van der Waals surface area contributed by atoms with Crippen LogP contribution in [0.3, 0.4) is 0 Å². The van der Waals surface area contributed by atoms with Gasteiger partial charge in [-0.2, -0.15) is 0 Å². The number of carboxylic acid groups (broad SMARTS) is 1. The predicted molar refractivity (Wildman–Crippen MR) is 59.3 cm³/mol. The third kappa shape index (κ3) is 1.52. The predicted octanol–water partition coefficient (Wildman–Crippen LogP) is 2.41. The highest BCUT2D eigenvalue weighted by Gasteiger charge is 2.16. The van der Waals surface area contributed by atoms with Crippen molar-refractivity contribution in [2.75, 3.05) is 0 Å². The number of fused-ring (bicyclic) bond motifs is 1. The summed E-state index contributed by atoms with van der Waals surface area (Å²) in [6.07, 6.45) is 1.71. The lowest BCUT2D eigenvalue weighted by atomic mass is 10.3. The number of imidazole rings is 1. The molecule has 0 unspecified atom stereocenters. The Balaban J connectivity index is 2.93. The molecule has 0 atom stereocenters. The highest BCUT2D eigenvalue weighted by Crippen LogP contribution is 2.20. The molecule has 2 aromatic heterocycles. The van der Waals surface area contributed by atoms with Gasteiger partial charge in [-0.25, -0.2) is 9.78 Å². The standard InChI is InChI=1S/C10H9BrN2O2/c1-5-3-7(11)4-13-8(10(14)15)6(2)12-9(5)13/h3-4H,1-2H3,(H,14,15). The van der Waals surface area contributed by atoms with E-state index in [1.165, 1.54) is 0 Å². The van der Waals surface area contributed by atoms with Gasteiger partial charge in [0.05, 0.1) is 5.69 Å². The number of aryl methyl sites for hydroxylation is 2. The van der Waals surface area contributed by atoms with Crippen LogP contribution in [0.25, 0.3) is 5.65 Å². The second kappa shape index (κ2) is 3.34. The van der Waals surface area contributed by atoms with Gasteiger partial charge in [0.1, 0.15) is 5.65 Å². The zero-order valence-electron chi connectivity index (χ0n) is 8.28. The molecule has 0 bridgehead atoms. The van der Waals surface area contributed by atoms with E-state index < -0.39 is 5.97 Å². The molecule has 0 saturated heterocycles. The number of aromatic carboxylic acids is 1. The van der Waals surface area contributed by atoms with Gasteiger partial charge in [-0.05, 0) is 41.4 Å². The van der Waals surface area contributed by atoms with E-state index in [0.717, 1.165) is 10.0 Å². The van der Waals surface area contributed by atoms with Crippen LogP contribution in [0.4, 0.5) is 0 Å². The molecule has 15 heavy (non-hydrogen) atoms. The lowest BCUT2D eigenvalue weighted by Crippen LogP contribution is -2.03. The van der Waals surface area contributed by atoms with Crippen LogP contribution in [0, 0.1) is 13.8 Å². The maximum Gasteiger partial charge on any atom is 0.354 e. The average Bonchev–Trinajstić information content (AvgIpc) is 2.41. The molecule has 4 nitrogen and oxygen atoms in total. The fourth-order valence-corrected chi connectivity index (χ4v) is 2.19. The number of nitrogens with zero attached hydrogens (tertiary/aromatic N) is 2. The number of halogens is 1. The summed E-state index contributed by atoms with van der Waals surface area (Å²) >= 11 is 3.33. The Labute approximate surface area is 94.7 Å². The van der Waals surface area contributed by atoms with Crippen molar-refractivity contribution in [3.05, 3.63) is 33.7 Å². The van der Waals surface area contributed by atoms with Crippen molar-refractivity contribution < 1.29 is 9.90 Å². The van der Waals surface area contributed by atoms with Crippen LogP contribution in [-0.4, -0.2) is 20.5 Å². The van der Waals surface area contributed by atoms with E-state index in [9.17, 15) is 4.79 Å². The minimum Gasteiger partial charge on any atom is -0.477 e. The number of carbonyl (C=O) groups is 1. The number of aromatic nitrogens is 2. The van der Waals surface area contributed by atoms with Gasteiger partial charge in [-0.1, -0.05) is 0 Å². The summed E-state index contributed by atoms with van der Waals surface area (Å²) in [5.41, 5.74) is 2.38. The average molecular weight is 269 g/mol. The molecule has 0 radical (unpaired) electrons. The molecule has 0 aliphatic rings. The zero-order chi connectivity index (χ0) is 11.2. The Morgan fingerprint density at radius 1 is 1.53 bits per heavy atom. The fourth-order valence-electron chi connectivity index (χ4n) is 1.64. The molecule has 78 valence electrons. The van der Waals surface area contributed by atoms with E-state index in [4.69, 9.17) is 5.11 Å². The van der Waals surface area contributed by atoms with Crippen molar-refractivity contribution >= 4 is 27.5 Å². The Bertz CT molecular complexity index is 560. The summed E-state index contributed by atoms with van der Waals surface area (Å²) in [5.74, 6) is -0.961. The first-order chi connectivity index (χ1) is 7.00. The zero-order valence-corrected chi connectivity index (χ0v) is 9.87. The largest absolute Gasteiger partial charge is 0.477 e. The number of hydrogen-bond acceptors (Lipinski definition) is 2. The number of carboxylic acids is 1. The molecular formula is C10H9BrN2O2. The van der Waals surface area contributed by atoms with E-state index in [-0.39, 0.29) is 5.69 Å². The summed E-state index contributed by atoms with van der Waals surface area (Å²) in [4.78, 5) is 15.3. The Hall–Kier alpha value is -1.36. The summed E-state index contributed by atoms with van der Waals surface area (Å²) in [6, 6.07) is 1.91. The lowest BCUT2D eigenvalue weighted by molar-refractivity contribution is 0.0688.